The first-order valence-electron chi connectivity index (χ1n) is 9.66. The lowest BCUT2D eigenvalue weighted by molar-refractivity contribution is -0.119. The molecule has 0 fully saturated rings. The van der Waals surface area contributed by atoms with Crippen LogP contribution >= 0.6 is 0 Å². The molecular weight excluding hydrogens is 419 g/mol. The molecule has 0 aromatic heterocycles. The number of hydrogen-bond acceptors (Lipinski definition) is 4. The van der Waals surface area contributed by atoms with E-state index in [1.807, 2.05) is 31.2 Å². The molecule has 0 bridgehead atoms. The van der Waals surface area contributed by atoms with Crippen molar-refractivity contribution < 1.29 is 22.3 Å². The van der Waals surface area contributed by atoms with Gasteiger partial charge in [-0.1, -0.05) is 36.4 Å². The third-order valence-electron chi connectivity index (χ3n) is 4.51. The standard InChI is InChI=1S/C23H23FN2O4S/c1-18-7-5-6-10-22(18)30-16-15-25-23(27)17-26(20-13-11-19(24)12-14-20)31(28,29)21-8-3-2-4-9-21/h2-14H,15-17H2,1H3,(H,25,27). The monoisotopic (exact) mass is 442 g/mol. The molecule has 0 atom stereocenters. The van der Waals surface area contributed by atoms with E-state index in [-0.39, 0.29) is 23.7 Å². The van der Waals surface area contributed by atoms with Crippen molar-refractivity contribution >= 4 is 21.6 Å². The molecule has 0 aliphatic heterocycles. The molecule has 3 aromatic rings. The Morgan fingerprint density at radius 2 is 1.61 bits per heavy atom. The number of ether oxygens (including phenoxy) is 1. The van der Waals surface area contributed by atoms with Gasteiger partial charge in [0, 0.05) is 0 Å². The summed E-state index contributed by atoms with van der Waals surface area (Å²) in [5, 5.41) is 2.66. The Morgan fingerprint density at radius 3 is 2.29 bits per heavy atom. The molecule has 3 aromatic carbocycles. The van der Waals surface area contributed by atoms with Crippen molar-refractivity contribution in [1.82, 2.24) is 5.32 Å². The van der Waals surface area contributed by atoms with Gasteiger partial charge in [0.15, 0.2) is 0 Å². The van der Waals surface area contributed by atoms with E-state index < -0.39 is 28.3 Å². The molecule has 0 heterocycles. The molecule has 0 aliphatic rings. The Hall–Kier alpha value is -3.39. The largest absolute Gasteiger partial charge is 0.491 e. The first kappa shape index (κ1) is 22.3. The normalized spacial score (nSPS) is 11.0. The molecule has 0 radical (unpaired) electrons. The number of nitrogens with zero attached hydrogens (tertiary/aromatic N) is 1. The Labute approximate surface area is 181 Å². The topological polar surface area (TPSA) is 75.7 Å². The van der Waals surface area contributed by atoms with Crippen LogP contribution in [0.1, 0.15) is 5.56 Å². The Morgan fingerprint density at radius 1 is 0.968 bits per heavy atom. The SMILES string of the molecule is Cc1ccccc1OCCNC(=O)CN(c1ccc(F)cc1)S(=O)(=O)c1ccccc1. The Kier molecular flexibility index (Phi) is 7.25. The third-order valence-corrected chi connectivity index (χ3v) is 6.30. The van der Waals surface area contributed by atoms with Crippen LogP contribution in [0.2, 0.25) is 0 Å². The molecule has 0 saturated heterocycles. The summed E-state index contributed by atoms with van der Waals surface area (Å²) >= 11 is 0. The molecule has 3 rings (SSSR count). The Bertz CT molecular complexity index is 1120. The molecule has 0 spiro atoms. The fourth-order valence-electron chi connectivity index (χ4n) is 2.90. The van der Waals surface area contributed by atoms with Gasteiger partial charge in [-0.15, -0.1) is 0 Å². The van der Waals surface area contributed by atoms with Gasteiger partial charge in [0.05, 0.1) is 17.1 Å². The van der Waals surface area contributed by atoms with Crippen LogP contribution < -0.4 is 14.4 Å². The number of benzene rings is 3. The number of aryl methyl sites for hydroxylation is 1. The number of nitrogens with one attached hydrogen (secondary N) is 1. The van der Waals surface area contributed by atoms with Crippen molar-refractivity contribution in [3.63, 3.8) is 0 Å². The minimum Gasteiger partial charge on any atom is -0.491 e. The van der Waals surface area contributed by atoms with Gasteiger partial charge in [-0.3, -0.25) is 9.10 Å². The summed E-state index contributed by atoms with van der Waals surface area (Å²) in [6.07, 6.45) is 0. The van der Waals surface area contributed by atoms with Crippen molar-refractivity contribution in [1.29, 1.82) is 0 Å². The molecule has 1 N–H and O–H groups in total. The van der Waals surface area contributed by atoms with Crippen LogP contribution in [-0.2, 0) is 14.8 Å². The van der Waals surface area contributed by atoms with E-state index in [0.717, 1.165) is 27.8 Å². The molecule has 0 unspecified atom stereocenters. The first-order chi connectivity index (χ1) is 14.9. The summed E-state index contributed by atoms with van der Waals surface area (Å²) in [4.78, 5) is 12.5. The van der Waals surface area contributed by atoms with Gasteiger partial charge in [-0.2, -0.15) is 0 Å². The van der Waals surface area contributed by atoms with E-state index in [9.17, 15) is 17.6 Å². The highest BCUT2D eigenvalue weighted by Crippen LogP contribution is 2.23. The average molecular weight is 443 g/mol. The third kappa shape index (κ3) is 5.82. The quantitative estimate of drug-likeness (QED) is 0.515. The number of anilines is 1. The lowest BCUT2D eigenvalue weighted by atomic mass is 10.2. The smallest absolute Gasteiger partial charge is 0.264 e. The lowest BCUT2D eigenvalue weighted by Crippen LogP contribution is -2.41. The summed E-state index contributed by atoms with van der Waals surface area (Å²) in [6.45, 7) is 1.91. The summed E-state index contributed by atoms with van der Waals surface area (Å²) in [5.74, 6) is -0.285. The maximum atomic E-state index is 13.3. The van der Waals surface area contributed by atoms with Crippen molar-refractivity contribution in [3.8, 4) is 5.75 Å². The van der Waals surface area contributed by atoms with E-state index >= 15 is 0 Å². The fraction of sp³-hybridized carbons (Fsp3) is 0.174. The number of carbonyl (C=O) groups is 1. The van der Waals surface area contributed by atoms with E-state index in [0.29, 0.717) is 0 Å². The molecule has 8 heteroatoms. The molecule has 1 amide bonds. The van der Waals surface area contributed by atoms with Crippen LogP contribution in [0.15, 0.2) is 83.8 Å². The number of amides is 1. The number of carbonyl (C=O) groups excluding carboxylic acids is 1. The number of sulfonamides is 1. The average Bonchev–Trinajstić information content (AvgIpc) is 2.77. The maximum Gasteiger partial charge on any atom is 0.264 e. The van der Waals surface area contributed by atoms with E-state index in [1.54, 1.807) is 18.2 Å². The minimum absolute atomic E-state index is 0.0370. The number of halogens is 1. The van der Waals surface area contributed by atoms with Gasteiger partial charge in [0.2, 0.25) is 5.91 Å². The van der Waals surface area contributed by atoms with E-state index in [4.69, 9.17) is 4.74 Å². The minimum atomic E-state index is -4.02. The van der Waals surface area contributed by atoms with Gasteiger partial charge in [-0.05, 0) is 55.0 Å². The summed E-state index contributed by atoms with van der Waals surface area (Å²) in [7, 11) is -4.02. The van der Waals surface area contributed by atoms with Crippen LogP contribution in [0.3, 0.4) is 0 Å². The number of hydrogen-bond donors (Lipinski definition) is 1. The zero-order chi connectivity index (χ0) is 22.3. The highest BCUT2D eigenvalue weighted by molar-refractivity contribution is 7.92. The number of para-hydroxylation sites is 1. The van der Waals surface area contributed by atoms with E-state index in [2.05, 4.69) is 5.32 Å². The van der Waals surface area contributed by atoms with Gasteiger partial charge < -0.3 is 10.1 Å². The predicted molar refractivity (Wildman–Crippen MR) is 117 cm³/mol. The fourth-order valence-corrected chi connectivity index (χ4v) is 4.34. The van der Waals surface area contributed by atoms with Crippen molar-refractivity contribution in [3.05, 3.63) is 90.2 Å². The van der Waals surface area contributed by atoms with E-state index in [1.165, 1.54) is 24.3 Å². The van der Waals surface area contributed by atoms with Crippen LogP contribution in [0.5, 0.6) is 5.75 Å². The highest BCUT2D eigenvalue weighted by atomic mass is 32.2. The van der Waals surface area contributed by atoms with Gasteiger partial charge >= 0.3 is 0 Å². The second kappa shape index (κ2) is 10.1. The van der Waals surface area contributed by atoms with Crippen LogP contribution in [0.4, 0.5) is 10.1 Å². The Balaban J connectivity index is 1.69. The lowest BCUT2D eigenvalue weighted by Gasteiger charge is -2.24. The van der Waals surface area contributed by atoms with Gasteiger partial charge in [0.25, 0.3) is 10.0 Å². The second-order valence-electron chi connectivity index (χ2n) is 6.77. The zero-order valence-electron chi connectivity index (χ0n) is 17.0. The molecule has 162 valence electrons. The highest BCUT2D eigenvalue weighted by Gasteiger charge is 2.27. The maximum absolute atomic E-state index is 13.3. The summed E-state index contributed by atoms with van der Waals surface area (Å²) in [6, 6.07) is 20.2. The van der Waals surface area contributed by atoms with Crippen molar-refractivity contribution in [2.24, 2.45) is 0 Å². The molecule has 31 heavy (non-hydrogen) atoms. The first-order valence-corrected chi connectivity index (χ1v) is 11.1. The van der Waals surface area contributed by atoms with Crippen LogP contribution in [-0.4, -0.2) is 34.0 Å². The van der Waals surface area contributed by atoms with Gasteiger partial charge in [0.1, 0.15) is 24.7 Å². The predicted octanol–water partition coefficient (Wildman–Crippen LogP) is 3.52. The second-order valence-corrected chi connectivity index (χ2v) is 8.63. The van der Waals surface area contributed by atoms with Crippen LogP contribution in [0, 0.1) is 12.7 Å². The van der Waals surface area contributed by atoms with Crippen molar-refractivity contribution in [2.75, 3.05) is 24.0 Å². The summed E-state index contributed by atoms with van der Waals surface area (Å²) < 4.78 is 46.2. The molecule has 0 saturated carbocycles. The summed E-state index contributed by atoms with van der Waals surface area (Å²) in [5.41, 5.74) is 1.17. The van der Waals surface area contributed by atoms with Crippen molar-refractivity contribution in [2.45, 2.75) is 11.8 Å². The molecular formula is C23H23FN2O4S. The van der Waals surface area contributed by atoms with Crippen LogP contribution in [0.25, 0.3) is 0 Å². The zero-order valence-corrected chi connectivity index (χ0v) is 17.8. The van der Waals surface area contributed by atoms with Gasteiger partial charge in [-0.25, -0.2) is 12.8 Å². The molecule has 0 aliphatic carbocycles. The number of rotatable bonds is 9. The molecule has 6 nitrogen and oxygen atoms in total.